The van der Waals surface area contributed by atoms with E-state index in [0.29, 0.717) is 26.2 Å². The van der Waals surface area contributed by atoms with Gasteiger partial charge in [0.2, 0.25) is 5.91 Å². The smallest absolute Gasteiger partial charge is 0.253 e. The van der Waals surface area contributed by atoms with Crippen LogP contribution >= 0.6 is 11.3 Å². The van der Waals surface area contributed by atoms with Crippen molar-refractivity contribution in [3.05, 3.63) is 93.2 Å². The summed E-state index contributed by atoms with van der Waals surface area (Å²) in [7, 11) is 0. The number of carbonyl (C=O) groups is 2. The molecule has 2 amide bonds. The average Bonchev–Trinajstić information content (AvgIpc) is 3.41. The Hall–Kier alpha value is -2.96. The number of hydrogen-bond donors (Lipinski definition) is 0. The number of aryl methyl sites for hydroxylation is 1. The minimum absolute atomic E-state index is 0.0537. The van der Waals surface area contributed by atoms with Gasteiger partial charge < -0.3 is 9.80 Å². The SMILES string of the molecule is CCc1ccc(C(=O)N2CCN(C(=O)C(C)N3CCc4sccc4C3c3ccccc3)CC2)cc1. The van der Waals surface area contributed by atoms with Crippen LogP contribution in [0.3, 0.4) is 0 Å². The van der Waals surface area contributed by atoms with Crippen LogP contribution in [-0.4, -0.2) is 65.3 Å². The number of carbonyl (C=O) groups excluding carboxylic acids is 2. The van der Waals surface area contributed by atoms with Crippen molar-refractivity contribution in [3.63, 3.8) is 0 Å². The number of hydrogen-bond acceptors (Lipinski definition) is 4. The van der Waals surface area contributed by atoms with Crippen molar-refractivity contribution in [2.45, 2.75) is 38.8 Å². The minimum atomic E-state index is -0.225. The lowest BCUT2D eigenvalue weighted by molar-refractivity contribution is -0.138. The van der Waals surface area contributed by atoms with Crippen molar-refractivity contribution in [1.82, 2.24) is 14.7 Å². The standard InChI is InChI=1S/C29H33N3O2S/c1-3-22-9-11-24(12-10-22)29(34)31-18-16-30(17-19-31)28(33)21(2)32-15-13-26-25(14-20-35-26)27(32)23-7-5-4-6-8-23/h4-12,14,20-21,27H,3,13,15-19H2,1-2H3. The summed E-state index contributed by atoms with van der Waals surface area (Å²) in [5.41, 5.74) is 4.51. The molecule has 35 heavy (non-hydrogen) atoms. The van der Waals surface area contributed by atoms with Gasteiger partial charge in [0.15, 0.2) is 0 Å². The number of thiophene rings is 1. The highest BCUT2D eigenvalue weighted by Crippen LogP contribution is 2.39. The normalized spacial score (nSPS) is 19.3. The molecule has 6 heteroatoms. The molecule has 182 valence electrons. The molecule has 0 radical (unpaired) electrons. The summed E-state index contributed by atoms with van der Waals surface area (Å²) in [5.74, 6) is 0.210. The average molecular weight is 488 g/mol. The highest BCUT2D eigenvalue weighted by Gasteiger charge is 2.37. The van der Waals surface area contributed by atoms with E-state index >= 15 is 0 Å². The molecule has 5 nitrogen and oxygen atoms in total. The second-order valence-electron chi connectivity index (χ2n) is 9.44. The maximum absolute atomic E-state index is 13.6. The predicted octanol–water partition coefficient (Wildman–Crippen LogP) is 4.63. The Bertz CT molecular complexity index is 1170. The van der Waals surface area contributed by atoms with Gasteiger partial charge in [-0.3, -0.25) is 14.5 Å². The molecule has 1 saturated heterocycles. The Morgan fingerprint density at radius 2 is 1.60 bits per heavy atom. The number of benzene rings is 2. The second kappa shape index (κ2) is 10.3. The summed E-state index contributed by atoms with van der Waals surface area (Å²) >= 11 is 1.82. The van der Waals surface area contributed by atoms with E-state index in [0.717, 1.165) is 24.9 Å². The second-order valence-corrected chi connectivity index (χ2v) is 10.4. The van der Waals surface area contributed by atoms with Crippen molar-refractivity contribution < 1.29 is 9.59 Å². The van der Waals surface area contributed by atoms with Crippen LogP contribution in [0.4, 0.5) is 0 Å². The molecule has 2 aromatic carbocycles. The number of piperazine rings is 1. The first-order valence-electron chi connectivity index (χ1n) is 12.6. The van der Waals surface area contributed by atoms with Crippen molar-refractivity contribution in [2.75, 3.05) is 32.7 Å². The summed E-state index contributed by atoms with van der Waals surface area (Å²) in [6.07, 6.45) is 1.94. The van der Waals surface area contributed by atoms with E-state index in [2.05, 4.69) is 47.5 Å². The Kier molecular flexibility index (Phi) is 7.02. The van der Waals surface area contributed by atoms with Crippen molar-refractivity contribution in [2.24, 2.45) is 0 Å². The molecule has 2 atom stereocenters. The van der Waals surface area contributed by atoms with Gasteiger partial charge in [-0.25, -0.2) is 0 Å². The van der Waals surface area contributed by atoms with E-state index in [1.807, 2.05) is 58.4 Å². The van der Waals surface area contributed by atoms with E-state index in [1.54, 1.807) is 0 Å². The summed E-state index contributed by atoms with van der Waals surface area (Å²) in [5, 5.41) is 2.17. The van der Waals surface area contributed by atoms with Crippen LogP contribution in [0.25, 0.3) is 0 Å². The summed E-state index contributed by atoms with van der Waals surface area (Å²) in [4.78, 5) is 34.2. The van der Waals surface area contributed by atoms with Gasteiger partial charge in [0.1, 0.15) is 0 Å². The molecule has 2 aliphatic heterocycles. The van der Waals surface area contributed by atoms with Crippen LogP contribution in [0.1, 0.15) is 51.8 Å². The van der Waals surface area contributed by atoms with Gasteiger partial charge in [0.25, 0.3) is 5.91 Å². The lowest BCUT2D eigenvalue weighted by Gasteiger charge is -2.42. The highest BCUT2D eigenvalue weighted by atomic mass is 32.1. The van der Waals surface area contributed by atoms with Gasteiger partial charge in [-0.1, -0.05) is 49.4 Å². The third-order valence-corrected chi connectivity index (χ3v) is 8.46. The van der Waals surface area contributed by atoms with E-state index in [1.165, 1.54) is 21.6 Å². The molecule has 0 bridgehead atoms. The first kappa shape index (κ1) is 23.8. The van der Waals surface area contributed by atoms with Gasteiger partial charge in [-0.05, 0) is 60.0 Å². The molecule has 1 aromatic heterocycles. The molecule has 3 aromatic rings. The highest BCUT2D eigenvalue weighted by molar-refractivity contribution is 7.10. The molecule has 5 rings (SSSR count). The monoisotopic (exact) mass is 487 g/mol. The van der Waals surface area contributed by atoms with Gasteiger partial charge >= 0.3 is 0 Å². The van der Waals surface area contributed by atoms with E-state index in [9.17, 15) is 9.59 Å². The first-order valence-corrected chi connectivity index (χ1v) is 13.5. The molecular formula is C29H33N3O2S. The van der Waals surface area contributed by atoms with Crippen molar-refractivity contribution in [1.29, 1.82) is 0 Å². The third kappa shape index (κ3) is 4.78. The zero-order chi connectivity index (χ0) is 24.4. The fourth-order valence-corrected chi connectivity index (χ4v) is 6.26. The minimum Gasteiger partial charge on any atom is -0.338 e. The maximum Gasteiger partial charge on any atom is 0.253 e. The zero-order valence-electron chi connectivity index (χ0n) is 20.5. The Labute approximate surface area is 212 Å². The molecule has 0 saturated carbocycles. The number of nitrogens with zero attached hydrogens (tertiary/aromatic N) is 3. The third-order valence-electron chi connectivity index (χ3n) is 7.46. The van der Waals surface area contributed by atoms with Gasteiger partial charge in [-0.2, -0.15) is 0 Å². The van der Waals surface area contributed by atoms with E-state index in [4.69, 9.17) is 0 Å². The molecule has 0 N–H and O–H groups in total. The van der Waals surface area contributed by atoms with Crippen molar-refractivity contribution in [3.8, 4) is 0 Å². The fraction of sp³-hybridized carbons (Fsp3) is 0.379. The summed E-state index contributed by atoms with van der Waals surface area (Å²) < 4.78 is 0. The van der Waals surface area contributed by atoms with Crippen LogP contribution in [-0.2, 0) is 17.6 Å². The quantitative estimate of drug-likeness (QED) is 0.527. The van der Waals surface area contributed by atoms with Gasteiger partial charge in [0, 0.05) is 43.2 Å². The Morgan fingerprint density at radius 1 is 0.914 bits per heavy atom. The Morgan fingerprint density at radius 3 is 2.29 bits per heavy atom. The molecule has 2 aliphatic rings. The first-order chi connectivity index (χ1) is 17.1. The lowest BCUT2D eigenvalue weighted by atomic mass is 9.92. The molecule has 0 spiro atoms. The van der Waals surface area contributed by atoms with Crippen molar-refractivity contribution >= 4 is 23.2 Å². The number of amides is 2. The van der Waals surface area contributed by atoms with Crippen LogP contribution in [0.2, 0.25) is 0 Å². The lowest BCUT2D eigenvalue weighted by Crippen LogP contribution is -2.56. The van der Waals surface area contributed by atoms with Crippen LogP contribution in [0.5, 0.6) is 0 Å². The van der Waals surface area contributed by atoms with E-state index in [-0.39, 0.29) is 23.9 Å². The number of rotatable bonds is 5. The van der Waals surface area contributed by atoms with Crippen LogP contribution in [0, 0.1) is 0 Å². The maximum atomic E-state index is 13.6. The largest absolute Gasteiger partial charge is 0.338 e. The summed E-state index contributed by atoms with van der Waals surface area (Å²) in [6, 6.07) is 20.5. The molecule has 0 aliphatic carbocycles. The van der Waals surface area contributed by atoms with E-state index < -0.39 is 0 Å². The zero-order valence-corrected chi connectivity index (χ0v) is 21.3. The molecule has 3 heterocycles. The van der Waals surface area contributed by atoms with Gasteiger partial charge in [-0.15, -0.1) is 11.3 Å². The number of fused-ring (bicyclic) bond motifs is 1. The van der Waals surface area contributed by atoms with Crippen LogP contribution in [0.15, 0.2) is 66.0 Å². The summed E-state index contributed by atoms with van der Waals surface area (Å²) in [6.45, 7) is 7.33. The predicted molar refractivity (Wildman–Crippen MR) is 141 cm³/mol. The van der Waals surface area contributed by atoms with Crippen LogP contribution < -0.4 is 0 Å². The topological polar surface area (TPSA) is 43.9 Å². The molecule has 1 fully saturated rings. The Balaban J connectivity index is 1.26. The molecule has 2 unspecified atom stereocenters. The molecular weight excluding hydrogens is 454 g/mol. The van der Waals surface area contributed by atoms with Gasteiger partial charge in [0.05, 0.1) is 12.1 Å². The fourth-order valence-electron chi connectivity index (χ4n) is 5.36.